The molecule has 0 radical (unpaired) electrons. The highest BCUT2D eigenvalue weighted by atomic mass is 35.5. The number of hydrogen-bond acceptors (Lipinski definition) is 4. The first-order chi connectivity index (χ1) is 9.20. The Balaban J connectivity index is 2.24. The molecule has 3 N–H and O–H groups in total. The second-order valence-corrected chi connectivity index (χ2v) is 4.63. The molecule has 0 aliphatic carbocycles. The molecule has 5 heteroatoms. The van der Waals surface area contributed by atoms with Crippen LogP contribution in [0, 0.1) is 0 Å². The predicted molar refractivity (Wildman–Crippen MR) is 78.2 cm³/mol. The number of pyridine rings is 1. The number of aliphatic hydroxyl groups is 1. The molecule has 0 saturated carbocycles. The summed E-state index contributed by atoms with van der Waals surface area (Å²) in [5, 5.41) is 9.69. The van der Waals surface area contributed by atoms with Gasteiger partial charge in [-0.15, -0.1) is 0 Å². The van der Waals surface area contributed by atoms with E-state index < -0.39 is 0 Å². The molecule has 0 bridgehead atoms. The molecule has 0 aliphatic heterocycles. The average molecular weight is 278 g/mol. The predicted octanol–water partition coefficient (Wildman–Crippen LogP) is 2.32. The van der Waals surface area contributed by atoms with E-state index in [0.717, 1.165) is 5.56 Å². The maximum atomic E-state index is 9.19. The molecule has 19 heavy (non-hydrogen) atoms. The normalized spacial score (nSPS) is 10.4. The third kappa shape index (κ3) is 3.59. The van der Waals surface area contributed by atoms with Gasteiger partial charge in [-0.3, -0.25) is 0 Å². The Morgan fingerprint density at radius 3 is 2.63 bits per heavy atom. The third-order valence-corrected chi connectivity index (χ3v) is 2.95. The number of rotatable bonds is 5. The first-order valence-electron chi connectivity index (χ1n) is 6.01. The van der Waals surface area contributed by atoms with Crippen LogP contribution in [0.25, 0.3) is 0 Å². The van der Waals surface area contributed by atoms with Crippen LogP contribution in [-0.4, -0.2) is 23.2 Å². The summed E-state index contributed by atoms with van der Waals surface area (Å²) in [5.74, 6) is 0.641. The zero-order chi connectivity index (χ0) is 13.7. The van der Waals surface area contributed by atoms with Crippen molar-refractivity contribution in [2.75, 3.05) is 23.8 Å². The third-order valence-electron chi connectivity index (χ3n) is 2.75. The molecule has 0 atom stereocenters. The van der Waals surface area contributed by atoms with Crippen molar-refractivity contribution < 1.29 is 5.11 Å². The van der Waals surface area contributed by atoms with Crippen LogP contribution in [0.15, 0.2) is 42.6 Å². The van der Waals surface area contributed by atoms with Gasteiger partial charge in [-0.25, -0.2) is 4.98 Å². The van der Waals surface area contributed by atoms with Gasteiger partial charge in [-0.05, 0) is 11.6 Å². The van der Waals surface area contributed by atoms with Crippen LogP contribution in [0.2, 0.25) is 5.02 Å². The van der Waals surface area contributed by atoms with Gasteiger partial charge in [-0.2, -0.15) is 0 Å². The molecule has 0 amide bonds. The fourth-order valence-electron chi connectivity index (χ4n) is 1.90. The fraction of sp³-hybridized carbons (Fsp3) is 0.214. The van der Waals surface area contributed by atoms with Gasteiger partial charge in [0.15, 0.2) is 5.82 Å². The largest absolute Gasteiger partial charge is 0.396 e. The molecule has 0 unspecified atom stereocenters. The smallest absolute Gasteiger partial charge is 0.152 e. The lowest BCUT2D eigenvalue weighted by Crippen LogP contribution is -2.27. The molecular formula is C14H16ClN3O. The highest BCUT2D eigenvalue weighted by Gasteiger charge is 2.12. The highest BCUT2D eigenvalue weighted by Crippen LogP contribution is 2.24. The van der Waals surface area contributed by atoms with E-state index in [1.807, 2.05) is 35.2 Å². The number of aliphatic hydroxyl groups excluding tert-OH is 1. The van der Waals surface area contributed by atoms with E-state index in [0.29, 0.717) is 29.6 Å². The first-order valence-corrected chi connectivity index (χ1v) is 6.39. The standard InChI is InChI=1S/C14H16ClN3O/c15-12-8-13(16)14(17-9-12)18(6-7-19)10-11-4-2-1-3-5-11/h1-5,8-9,19H,6-7,10,16H2. The molecule has 1 heterocycles. The molecule has 1 aromatic carbocycles. The Kier molecular flexibility index (Phi) is 4.60. The summed E-state index contributed by atoms with van der Waals surface area (Å²) >= 11 is 5.85. The molecule has 0 aliphatic rings. The van der Waals surface area contributed by atoms with Crippen LogP contribution in [-0.2, 0) is 6.54 Å². The lowest BCUT2D eigenvalue weighted by Gasteiger charge is -2.24. The Hall–Kier alpha value is -1.78. The minimum Gasteiger partial charge on any atom is -0.396 e. The molecule has 0 spiro atoms. The van der Waals surface area contributed by atoms with Gasteiger partial charge in [0, 0.05) is 19.3 Å². The number of benzene rings is 1. The van der Waals surface area contributed by atoms with Crippen LogP contribution >= 0.6 is 11.6 Å². The Morgan fingerprint density at radius 1 is 1.26 bits per heavy atom. The van der Waals surface area contributed by atoms with Crippen LogP contribution in [0.5, 0.6) is 0 Å². The van der Waals surface area contributed by atoms with E-state index in [1.165, 1.54) is 0 Å². The molecule has 1 aromatic heterocycles. The molecule has 2 aromatic rings. The summed E-state index contributed by atoms with van der Waals surface area (Å²) in [4.78, 5) is 6.18. The van der Waals surface area contributed by atoms with Crippen LogP contribution < -0.4 is 10.6 Å². The molecule has 2 rings (SSSR count). The van der Waals surface area contributed by atoms with Crippen molar-refractivity contribution in [2.45, 2.75) is 6.54 Å². The monoisotopic (exact) mass is 277 g/mol. The first kappa shape index (κ1) is 13.6. The SMILES string of the molecule is Nc1cc(Cl)cnc1N(CCO)Cc1ccccc1. The summed E-state index contributed by atoms with van der Waals surface area (Å²) in [6.45, 7) is 1.14. The minimum absolute atomic E-state index is 0.0383. The van der Waals surface area contributed by atoms with Gasteiger partial charge in [0.05, 0.1) is 17.3 Å². The molecular weight excluding hydrogens is 262 g/mol. The number of aromatic nitrogens is 1. The lowest BCUT2D eigenvalue weighted by atomic mass is 10.2. The van der Waals surface area contributed by atoms with Crippen LogP contribution in [0.3, 0.4) is 0 Å². The van der Waals surface area contributed by atoms with Crippen LogP contribution in [0.1, 0.15) is 5.56 Å². The number of anilines is 2. The van der Waals surface area contributed by atoms with Crippen molar-refractivity contribution in [1.82, 2.24) is 4.98 Å². The second-order valence-electron chi connectivity index (χ2n) is 4.20. The summed E-state index contributed by atoms with van der Waals surface area (Å²) in [6.07, 6.45) is 1.56. The van der Waals surface area contributed by atoms with Gasteiger partial charge < -0.3 is 15.7 Å². The van der Waals surface area contributed by atoms with E-state index in [4.69, 9.17) is 17.3 Å². The topological polar surface area (TPSA) is 62.4 Å². The zero-order valence-electron chi connectivity index (χ0n) is 10.5. The van der Waals surface area contributed by atoms with E-state index in [1.54, 1.807) is 12.3 Å². The quantitative estimate of drug-likeness (QED) is 0.880. The Labute approximate surface area is 117 Å². The summed E-state index contributed by atoms with van der Waals surface area (Å²) in [5.41, 5.74) is 7.58. The van der Waals surface area contributed by atoms with E-state index in [-0.39, 0.29) is 6.61 Å². The van der Waals surface area contributed by atoms with E-state index in [2.05, 4.69) is 4.98 Å². The maximum Gasteiger partial charge on any atom is 0.152 e. The van der Waals surface area contributed by atoms with Crippen LogP contribution in [0.4, 0.5) is 11.5 Å². The fourth-order valence-corrected chi connectivity index (χ4v) is 2.06. The average Bonchev–Trinajstić information content (AvgIpc) is 2.39. The van der Waals surface area contributed by atoms with Gasteiger partial charge in [0.25, 0.3) is 0 Å². The molecule has 4 nitrogen and oxygen atoms in total. The number of nitrogens with two attached hydrogens (primary N) is 1. The van der Waals surface area contributed by atoms with Crippen molar-refractivity contribution in [1.29, 1.82) is 0 Å². The lowest BCUT2D eigenvalue weighted by molar-refractivity contribution is 0.301. The summed E-state index contributed by atoms with van der Waals surface area (Å²) in [7, 11) is 0. The maximum absolute atomic E-state index is 9.19. The van der Waals surface area contributed by atoms with Gasteiger partial charge >= 0.3 is 0 Å². The van der Waals surface area contributed by atoms with Crippen molar-refractivity contribution in [3.8, 4) is 0 Å². The Bertz CT molecular complexity index is 533. The number of hydrogen-bond donors (Lipinski definition) is 2. The number of halogens is 1. The van der Waals surface area contributed by atoms with Gasteiger partial charge in [0.1, 0.15) is 0 Å². The number of nitrogen functional groups attached to an aromatic ring is 1. The molecule has 100 valence electrons. The molecule has 0 fully saturated rings. The van der Waals surface area contributed by atoms with Crippen molar-refractivity contribution in [2.24, 2.45) is 0 Å². The number of nitrogens with zero attached hydrogens (tertiary/aromatic N) is 2. The van der Waals surface area contributed by atoms with Crippen molar-refractivity contribution >= 4 is 23.1 Å². The zero-order valence-corrected chi connectivity index (χ0v) is 11.2. The highest BCUT2D eigenvalue weighted by molar-refractivity contribution is 6.30. The van der Waals surface area contributed by atoms with Gasteiger partial charge in [0.2, 0.25) is 0 Å². The minimum atomic E-state index is 0.0383. The summed E-state index contributed by atoms with van der Waals surface area (Å²) in [6, 6.07) is 11.6. The van der Waals surface area contributed by atoms with Gasteiger partial charge in [-0.1, -0.05) is 41.9 Å². The molecule has 0 saturated heterocycles. The van der Waals surface area contributed by atoms with E-state index >= 15 is 0 Å². The Morgan fingerprint density at radius 2 is 2.00 bits per heavy atom. The van der Waals surface area contributed by atoms with E-state index in [9.17, 15) is 5.11 Å². The summed E-state index contributed by atoms with van der Waals surface area (Å²) < 4.78 is 0. The van der Waals surface area contributed by atoms with Crippen molar-refractivity contribution in [3.05, 3.63) is 53.2 Å². The second kappa shape index (κ2) is 6.41. The van der Waals surface area contributed by atoms with Crippen molar-refractivity contribution in [3.63, 3.8) is 0 Å².